The van der Waals surface area contributed by atoms with Gasteiger partial charge in [0.1, 0.15) is 18.1 Å². The Balaban J connectivity index is 1.51. The molecule has 2 aromatic rings. The summed E-state index contributed by atoms with van der Waals surface area (Å²) in [4.78, 5) is 0. The van der Waals surface area contributed by atoms with Crippen LogP contribution in [0.3, 0.4) is 0 Å². The van der Waals surface area contributed by atoms with Crippen LogP contribution < -0.4 is 5.32 Å². The van der Waals surface area contributed by atoms with E-state index in [4.69, 9.17) is 13.6 Å². The van der Waals surface area contributed by atoms with Crippen molar-refractivity contribution < 1.29 is 13.6 Å². The van der Waals surface area contributed by atoms with E-state index >= 15 is 0 Å². The third-order valence-electron chi connectivity index (χ3n) is 2.71. The Morgan fingerprint density at radius 1 is 1.22 bits per heavy atom. The molecule has 2 heterocycles. The van der Waals surface area contributed by atoms with Gasteiger partial charge in [-0.15, -0.1) is 0 Å². The van der Waals surface area contributed by atoms with Gasteiger partial charge >= 0.3 is 0 Å². The Labute approximate surface area is 107 Å². The first kappa shape index (κ1) is 12.9. The van der Waals surface area contributed by atoms with E-state index in [2.05, 4.69) is 12.2 Å². The second kappa shape index (κ2) is 7.03. The van der Waals surface area contributed by atoms with Crippen molar-refractivity contribution >= 4 is 0 Å². The Morgan fingerprint density at radius 2 is 2.06 bits per heavy atom. The average Bonchev–Trinajstić information content (AvgIpc) is 3.05. The standard InChI is InChI=1S/C14H19NO3/c1-12(14-6-3-10-18-14)15-7-4-8-16-11-13-5-2-9-17-13/h2-3,5-6,9-10,12,15H,4,7-8,11H2,1H3. The predicted octanol–water partition coefficient (Wildman–Crippen LogP) is 3.13. The number of hydrogen-bond acceptors (Lipinski definition) is 4. The minimum Gasteiger partial charge on any atom is -0.468 e. The van der Waals surface area contributed by atoms with E-state index in [0.717, 1.165) is 31.1 Å². The van der Waals surface area contributed by atoms with Gasteiger partial charge in [0.25, 0.3) is 0 Å². The van der Waals surface area contributed by atoms with Crippen molar-refractivity contribution in [1.82, 2.24) is 5.32 Å². The van der Waals surface area contributed by atoms with Gasteiger partial charge in [-0.25, -0.2) is 0 Å². The van der Waals surface area contributed by atoms with E-state index in [0.29, 0.717) is 6.61 Å². The van der Waals surface area contributed by atoms with Crippen LogP contribution in [-0.4, -0.2) is 13.2 Å². The lowest BCUT2D eigenvalue weighted by atomic mass is 10.2. The lowest BCUT2D eigenvalue weighted by Crippen LogP contribution is -2.20. The third-order valence-corrected chi connectivity index (χ3v) is 2.71. The van der Waals surface area contributed by atoms with Crippen LogP contribution in [-0.2, 0) is 11.3 Å². The van der Waals surface area contributed by atoms with E-state index in [1.54, 1.807) is 12.5 Å². The molecule has 1 atom stereocenters. The van der Waals surface area contributed by atoms with Gasteiger partial charge in [-0.3, -0.25) is 0 Å². The highest BCUT2D eigenvalue weighted by Gasteiger charge is 2.06. The number of ether oxygens (including phenoxy) is 1. The second-order valence-electron chi connectivity index (χ2n) is 4.18. The zero-order chi connectivity index (χ0) is 12.6. The van der Waals surface area contributed by atoms with Crippen LogP contribution >= 0.6 is 0 Å². The molecular formula is C14H19NO3. The SMILES string of the molecule is CC(NCCCOCc1ccco1)c1ccco1. The van der Waals surface area contributed by atoms with Crippen molar-refractivity contribution in [3.05, 3.63) is 48.3 Å². The summed E-state index contributed by atoms with van der Waals surface area (Å²) in [5.74, 6) is 1.83. The van der Waals surface area contributed by atoms with Crippen LogP contribution in [0.2, 0.25) is 0 Å². The zero-order valence-electron chi connectivity index (χ0n) is 10.6. The van der Waals surface area contributed by atoms with Gasteiger partial charge in [0.2, 0.25) is 0 Å². The quantitative estimate of drug-likeness (QED) is 0.730. The average molecular weight is 249 g/mol. The molecule has 2 rings (SSSR count). The summed E-state index contributed by atoms with van der Waals surface area (Å²) < 4.78 is 16.0. The molecule has 1 unspecified atom stereocenters. The van der Waals surface area contributed by atoms with Crippen LogP contribution in [0, 0.1) is 0 Å². The minimum absolute atomic E-state index is 0.241. The van der Waals surface area contributed by atoms with Crippen molar-refractivity contribution in [3.63, 3.8) is 0 Å². The molecule has 4 nitrogen and oxygen atoms in total. The number of rotatable bonds is 8. The largest absolute Gasteiger partial charge is 0.468 e. The van der Waals surface area contributed by atoms with Crippen LogP contribution in [0.5, 0.6) is 0 Å². The maximum Gasteiger partial charge on any atom is 0.129 e. The molecule has 0 amide bonds. The highest BCUT2D eigenvalue weighted by Crippen LogP contribution is 2.11. The van der Waals surface area contributed by atoms with Gasteiger partial charge < -0.3 is 18.9 Å². The van der Waals surface area contributed by atoms with Gasteiger partial charge in [-0.2, -0.15) is 0 Å². The van der Waals surface area contributed by atoms with Gasteiger partial charge in [-0.05, 0) is 44.2 Å². The molecule has 0 radical (unpaired) electrons. The van der Waals surface area contributed by atoms with Crippen molar-refractivity contribution in [3.8, 4) is 0 Å². The van der Waals surface area contributed by atoms with Crippen molar-refractivity contribution in [2.24, 2.45) is 0 Å². The first-order valence-corrected chi connectivity index (χ1v) is 6.23. The fourth-order valence-corrected chi connectivity index (χ4v) is 1.70. The molecule has 0 fully saturated rings. The van der Waals surface area contributed by atoms with E-state index < -0.39 is 0 Å². The van der Waals surface area contributed by atoms with E-state index in [-0.39, 0.29) is 6.04 Å². The minimum atomic E-state index is 0.241. The summed E-state index contributed by atoms with van der Waals surface area (Å²) in [6.45, 7) is 4.25. The Kier molecular flexibility index (Phi) is 5.05. The van der Waals surface area contributed by atoms with Gasteiger partial charge in [-0.1, -0.05) is 0 Å². The topological polar surface area (TPSA) is 47.5 Å². The number of furan rings is 2. The maximum absolute atomic E-state index is 5.49. The smallest absolute Gasteiger partial charge is 0.129 e. The number of hydrogen-bond donors (Lipinski definition) is 1. The summed E-state index contributed by atoms with van der Waals surface area (Å²) in [5, 5.41) is 3.38. The fourth-order valence-electron chi connectivity index (χ4n) is 1.70. The first-order valence-electron chi connectivity index (χ1n) is 6.23. The van der Waals surface area contributed by atoms with Crippen molar-refractivity contribution in [2.75, 3.05) is 13.2 Å². The lowest BCUT2D eigenvalue weighted by Gasteiger charge is -2.10. The Morgan fingerprint density at radius 3 is 2.78 bits per heavy atom. The van der Waals surface area contributed by atoms with Gasteiger partial charge in [0, 0.05) is 6.61 Å². The Bertz CT molecular complexity index is 408. The summed E-state index contributed by atoms with van der Waals surface area (Å²) in [6.07, 6.45) is 4.32. The second-order valence-corrected chi connectivity index (χ2v) is 4.18. The molecule has 0 aromatic carbocycles. The maximum atomic E-state index is 5.49. The van der Waals surface area contributed by atoms with Crippen LogP contribution in [0.25, 0.3) is 0 Å². The molecule has 18 heavy (non-hydrogen) atoms. The van der Waals surface area contributed by atoms with Crippen LogP contribution in [0.1, 0.15) is 30.9 Å². The normalized spacial score (nSPS) is 12.7. The predicted molar refractivity (Wildman–Crippen MR) is 68.1 cm³/mol. The van der Waals surface area contributed by atoms with Crippen LogP contribution in [0.15, 0.2) is 45.6 Å². The number of nitrogens with one attached hydrogen (secondary N) is 1. The van der Waals surface area contributed by atoms with Crippen molar-refractivity contribution in [2.45, 2.75) is 26.0 Å². The third kappa shape index (κ3) is 4.05. The fraction of sp³-hybridized carbons (Fsp3) is 0.429. The van der Waals surface area contributed by atoms with E-state index in [1.807, 2.05) is 24.3 Å². The molecular weight excluding hydrogens is 230 g/mol. The molecule has 0 aliphatic carbocycles. The Hall–Kier alpha value is -1.52. The van der Waals surface area contributed by atoms with Gasteiger partial charge in [0.15, 0.2) is 0 Å². The molecule has 0 aliphatic heterocycles. The zero-order valence-corrected chi connectivity index (χ0v) is 10.6. The van der Waals surface area contributed by atoms with Crippen LogP contribution in [0.4, 0.5) is 0 Å². The highest BCUT2D eigenvalue weighted by atomic mass is 16.5. The molecule has 4 heteroatoms. The monoisotopic (exact) mass is 249 g/mol. The van der Waals surface area contributed by atoms with E-state index in [9.17, 15) is 0 Å². The van der Waals surface area contributed by atoms with Gasteiger partial charge in [0.05, 0.1) is 18.6 Å². The molecule has 0 bridgehead atoms. The molecule has 0 aliphatic rings. The molecule has 98 valence electrons. The molecule has 0 spiro atoms. The lowest BCUT2D eigenvalue weighted by molar-refractivity contribution is 0.103. The summed E-state index contributed by atoms with van der Waals surface area (Å²) >= 11 is 0. The highest BCUT2D eigenvalue weighted by molar-refractivity contribution is 5.02. The first-order chi connectivity index (χ1) is 8.86. The molecule has 1 N–H and O–H groups in total. The van der Waals surface area contributed by atoms with Crippen molar-refractivity contribution in [1.29, 1.82) is 0 Å². The van der Waals surface area contributed by atoms with E-state index in [1.165, 1.54) is 0 Å². The molecule has 2 aromatic heterocycles. The molecule has 0 saturated heterocycles. The summed E-state index contributed by atoms with van der Waals surface area (Å²) in [5.41, 5.74) is 0. The molecule has 0 saturated carbocycles. The summed E-state index contributed by atoms with van der Waals surface area (Å²) in [7, 11) is 0. The summed E-state index contributed by atoms with van der Waals surface area (Å²) in [6, 6.07) is 7.90.